The average molecular weight is 660 g/mol. The number of nitrogens with zero attached hydrogens (tertiary/aromatic N) is 6. The van der Waals surface area contributed by atoms with Gasteiger partial charge in [-0.05, 0) is 34.9 Å². The summed E-state index contributed by atoms with van der Waals surface area (Å²) in [6.07, 6.45) is 0.648. The van der Waals surface area contributed by atoms with Crippen LogP contribution in [0.3, 0.4) is 0 Å². The van der Waals surface area contributed by atoms with E-state index < -0.39 is 15.9 Å². The number of amides is 1. The summed E-state index contributed by atoms with van der Waals surface area (Å²) in [6.45, 7) is 2.94. The molecule has 0 bridgehead atoms. The van der Waals surface area contributed by atoms with Crippen LogP contribution in [-0.4, -0.2) is 77.0 Å². The topological polar surface area (TPSA) is 157 Å². The number of anilines is 1. The van der Waals surface area contributed by atoms with E-state index in [4.69, 9.17) is 27.9 Å². The minimum atomic E-state index is -3.98. The second kappa shape index (κ2) is 12.3. The Hall–Kier alpha value is -3.42. The standard InChI is InChI=1S/C27H24Cl2N8O4S2/c28-21-12-22(29)24(43(39,40)37-7-9-41-10-8-37)11-19(21)26(38)31-27-20(13-30)18-5-6-36(15-23(18)42-27)14-16-1-3-17(4-2-16)25-32-34-35-33-25/h1-4,11-12H,5-10,14-15H2,(H,31,38)(H,32,33,34,35). The zero-order chi connectivity index (χ0) is 30.1. The molecule has 1 fully saturated rings. The predicted octanol–water partition coefficient (Wildman–Crippen LogP) is 3.94. The van der Waals surface area contributed by atoms with Gasteiger partial charge in [-0.3, -0.25) is 9.69 Å². The van der Waals surface area contributed by atoms with Gasteiger partial charge < -0.3 is 10.1 Å². The lowest BCUT2D eigenvalue weighted by Gasteiger charge is -2.26. The number of carbonyl (C=O) groups excluding carboxylic acids is 1. The molecule has 1 saturated heterocycles. The monoisotopic (exact) mass is 658 g/mol. The highest BCUT2D eigenvalue weighted by atomic mass is 35.5. The molecule has 16 heteroatoms. The van der Waals surface area contributed by atoms with Gasteiger partial charge in [-0.25, -0.2) is 8.42 Å². The predicted molar refractivity (Wildman–Crippen MR) is 160 cm³/mol. The van der Waals surface area contributed by atoms with E-state index in [1.807, 2.05) is 24.3 Å². The molecule has 2 aromatic heterocycles. The van der Waals surface area contributed by atoms with E-state index in [0.29, 0.717) is 35.9 Å². The van der Waals surface area contributed by atoms with Crippen molar-refractivity contribution in [1.82, 2.24) is 29.8 Å². The summed E-state index contributed by atoms with van der Waals surface area (Å²) in [5, 5.41) is 27.1. The van der Waals surface area contributed by atoms with Gasteiger partial charge in [0, 0.05) is 43.2 Å². The van der Waals surface area contributed by atoms with Crippen LogP contribution in [0.4, 0.5) is 5.00 Å². The first kappa shape index (κ1) is 29.6. The highest BCUT2D eigenvalue weighted by Crippen LogP contribution is 2.38. The molecule has 2 aliphatic heterocycles. The number of morpholine rings is 1. The van der Waals surface area contributed by atoms with E-state index >= 15 is 0 Å². The van der Waals surface area contributed by atoms with Crippen molar-refractivity contribution in [2.75, 3.05) is 38.2 Å². The molecule has 12 nitrogen and oxygen atoms in total. The number of hydrogen-bond donors (Lipinski definition) is 2. The number of fused-ring (bicyclic) bond motifs is 1. The third kappa shape index (κ3) is 6.02. The fraction of sp³-hybridized carbons (Fsp3) is 0.296. The van der Waals surface area contributed by atoms with Gasteiger partial charge in [-0.15, -0.1) is 21.5 Å². The van der Waals surface area contributed by atoms with Gasteiger partial charge in [0.1, 0.15) is 16.0 Å². The highest BCUT2D eigenvalue weighted by molar-refractivity contribution is 7.89. The number of nitriles is 1. The summed E-state index contributed by atoms with van der Waals surface area (Å²) >= 11 is 14.0. The van der Waals surface area contributed by atoms with E-state index in [0.717, 1.165) is 28.1 Å². The van der Waals surface area contributed by atoms with Crippen LogP contribution in [-0.2, 0) is 34.3 Å². The Balaban J connectivity index is 1.19. The Morgan fingerprint density at radius 1 is 1.14 bits per heavy atom. The summed E-state index contributed by atoms with van der Waals surface area (Å²) < 4.78 is 33.1. The first-order valence-electron chi connectivity index (χ1n) is 13.2. The number of rotatable bonds is 7. The van der Waals surface area contributed by atoms with E-state index in [2.05, 4.69) is 36.9 Å². The van der Waals surface area contributed by atoms with Crippen molar-refractivity contribution in [3.63, 3.8) is 0 Å². The lowest BCUT2D eigenvalue weighted by Crippen LogP contribution is -2.40. The highest BCUT2D eigenvalue weighted by Gasteiger charge is 2.31. The van der Waals surface area contributed by atoms with Crippen molar-refractivity contribution >= 4 is 55.5 Å². The van der Waals surface area contributed by atoms with E-state index in [1.165, 1.54) is 27.8 Å². The second-order valence-electron chi connectivity index (χ2n) is 9.95. The zero-order valence-electron chi connectivity index (χ0n) is 22.5. The van der Waals surface area contributed by atoms with Crippen molar-refractivity contribution in [2.24, 2.45) is 0 Å². The van der Waals surface area contributed by atoms with Crippen LogP contribution in [0.15, 0.2) is 41.3 Å². The van der Waals surface area contributed by atoms with Crippen molar-refractivity contribution in [3.8, 4) is 17.5 Å². The fourth-order valence-corrected chi connectivity index (χ4v) is 8.57. The number of aromatic nitrogens is 4. The first-order valence-corrected chi connectivity index (χ1v) is 16.2. The Labute approximate surface area is 261 Å². The van der Waals surface area contributed by atoms with Crippen LogP contribution in [0.1, 0.15) is 31.9 Å². The molecule has 0 unspecified atom stereocenters. The molecule has 2 aromatic carbocycles. The average Bonchev–Trinajstić information content (AvgIpc) is 3.66. The normalized spacial score (nSPS) is 16.0. The van der Waals surface area contributed by atoms with Crippen LogP contribution in [0.2, 0.25) is 10.0 Å². The first-order chi connectivity index (χ1) is 20.7. The second-order valence-corrected chi connectivity index (χ2v) is 13.8. The molecule has 4 aromatic rings. The Morgan fingerprint density at radius 2 is 1.91 bits per heavy atom. The number of H-pyrrole nitrogens is 1. The summed E-state index contributed by atoms with van der Waals surface area (Å²) in [4.78, 5) is 16.5. The van der Waals surface area contributed by atoms with Gasteiger partial charge in [-0.1, -0.05) is 47.5 Å². The number of carbonyl (C=O) groups is 1. The molecule has 222 valence electrons. The molecule has 1 amide bonds. The van der Waals surface area contributed by atoms with Crippen molar-refractivity contribution < 1.29 is 17.9 Å². The number of aromatic amines is 1. The maximum atomic E-state index is 13.4. The molecule has 0 radical (unpaired) electrons. The lowest BCUT2D eigenvalue weighted by atomic mass is 10.0. The van der Waals surface area contributed by atoms with Crippen LogP contribution in [0.5, 0.6) is 0 Å². The van der Waals surface area contributed by atoms with Crippen LogP contribution in [0, 0.1) is 11.3 Å². The molecular formula is C27H24Cl2N8O4S2. The van der Waals surface area contributed by atoms with Crippen LogP contribution in [0.25, 0.3) is 11.4 Å². The molecular weight excluding hydrogens is 635 g/mol. The number of hydrogen-bond acceptors (Lipinski definition) is 10. The Kier molecular flexibility index (Phi) is 8.47. The largest absolute Gasteiger partial charge is 0.379 e. The fourth-order valence-electron chi connectivity index (χ4n) is 5.10. The zero-order valence-corrected chi connectivity index (χ0v) is 25.7. The van der Waals surface area contributed by atoms with Crippen LogP contribution < -0.4 is 5.32 Å². The number of halogens is 2. The molecule has 43 heavy (non-hydrogen) atoms. The van der Waals surface area contributed by atoms with E-state index in [1.54, 1.807) is 0 Å². The lowest BCUT2D eigenvalue weighted by molar-refractivity contribution is 0.0730. The molecule has 0 atom stereocenters. The summed E-state index contributed by atoms with van der Waals surface area (Å²) in [5.74, 6) is -0.102. The smallest absolute Gasteiger partial charge is 0.257 e. The number of ether oxygens (including phenoxy) is 1. The molecule has 4 heterocycles. The van der Waals surface area contributed by atoms with E-state index in [-0.39, 0.29) is 46.8 Å². The maximum absolute atomic E-state index is 13.4. The Morgan fingerprint density at radius 3 is 2.60 bits per heavy atom. The number of tetrazole rings is 1. The van der Waals surface area contributed by atoms with Gasteiger partial charge in [-0.2, -0.15) is 14.8 Å². The molecule has 6 rings (SSSR count). The maximum Gasteiger partial charge on any atom is 0.257 e. The molecule has 0 spiro atoms. The SMILES string of the molecule is N#Cc1c(NC(=O)c2cc(S(=O)(=O)N3CCOCC3)c(Cl)cc2Cl)sc2c1CCN(Cc1ccc(-c3nn[nH]n3)cc1)C2. The molecule has 0 aliphatic carbocycles. The number of sulfonamides is 1. The quantitative estimate of drug-likeness (QED) is 0.300. The Bertz CT molecular complexity index is 1820. The minimum absolute atomic E-state index is 0.000203. The van der Waals surface area contributed by atoms with Gasteiger partial charge in [0.05, 0.1) is 34.4 Å². The van der Waals surface area contributed by atoms with Gasteiger partial charge in [0.2, 0.25) is 15.8 Å². The summed E-state index contributed by atoms with van der Waals surface area (Å²) in [7, 11) is -3.98. The third-order valence-electron chi connectivity index (χ3n) is 7.29. The van der Waals surface area contributed by atoms with Crippen molar-refractivity contribution in [2.45, 2.75) is 24.4 Å². The van der Waals surface area contributed by atoms with Gasteiger partial charge in [0.25, 0.3) is 5.91 Å². The van der Waals surface area contributed by atoms with E-state index in [9.17, 15) is 18.5 Å². The number of benzene rings is 2. The van der Waals surface area contributed by atoms with Gasteiger partial charge in [0.15, 0.2) is 0 Å². The number of thiophene rings is 1. The third-order valence-corrected chi connectivity index (χ3v) is 11.1. The summed E-state index contributed by atoms with van der Waals surface area (Å²) in [5.41, 5.74) is 3.23. The van der Waals surface area contributed by atoms with Crippen LogP contribution >= 0.6 is 34.5 Å². The van der Waals surface area contributed by atoms with Crippen molar-refractivity contribution in [3.05, 3.63) is 73.6 Å². The molecule has 2 aliphatic rings. The van der Waals surface area contributed by atoms with Gasteiger partial charge >= 0.3 is 0 Å². The molecule has 0 saturated carbocycles. The van der Waals surface area contributed by atoms with Crippen molar-refractivity contribution in [1.29, 1.82) is 5.26 Å². The minimum Gasteiger partial charge on any atom is -0.379 e. The summed E-state index contributed by atoms with van der Waals surface area (Å²) in [6, 6.07) is 12.6. The molecule has 2 N–H and O–H groups in total. The number of nitrogens with one attached hydrogen (secondary N) is 2.